The minimum atomic E-state index is -0.130. The van der Waals surface area contributed by atoms with Gasteiger partial charge >= 0.3 is 0 Å². The van der Waals surface area contributed by atoms with Crippen molar-refractivity contribution >= 4 is 16.9 Å². The molecular weight excluding hydrogens is 292 g/mol. The summed E-state index contributed by atoms with van der Waals surface area (Å²) < 4.78 is 7.80. The molecule has 0 aliphatic carbocycles. The third-order valence-electron chi connectivity index (χ3n) is 4.00. The summed E-state index contributed by atoms with van der Waals surface area (Å²) in [5.74, 6) is 0.771. The lowest BCUT2D eigenvalue weighted by Crippen LogP contribution is -2.35. The number of hydrogen-bond acceptors (Lipinski definition) is 4. The highest BCUT2D eigenvalue weighted by molar-refractivity contribution is 5.93. The van der Waals surface area contributed by atoms with Gasteiger partial charge in [-0.15, -0.1) is 0 Å². The van der Waals surface area contributed by atoms with Crippen molar-refractivity contribution in [3.05, 3.63) is 60.2 Å². The van der Waals surface area contributed by atoms with Gasteiger partial charge < -0.3 is 14.6 Å². The van der Waals surface area contributed by atoms with Gasteiger partial charge in [-0.25, -0.2) is 4.98 Å². The molecule has 2 aromatic heterocycles. The quantitative estimate of drug-likeness (QED) is 0.803. The first kappa shape index (κ1) is 13.9. The third-order valence-corrected chi connectivity index (χ3v) is 4.00. The molecule has 6 heteroatoms. The molecule has 1 amide bonds. The molecule has 0 saturated heterocycles. The van der Waals surface area contributed by atoms with E-state index in [4.69, 9.17) is 4.74 Å². The van der Waals surface area contributed by atoms with Gasteiger partial charge in [-0.05, 0) is 24.3 Å². The third kappa shape index (κ3) is 2.57. The van der Waals surface area contributed by atoms with Crippen LogP contribution in [0.15, 0.2) is 48.8 Å². The highest BCUT2D eigenvalue weighted by Crippen LogP contribution is 2.25. The zero-order valence-corrected chi connectivity index (χ0v) is 12.5. The van der Waals surface area contributed by atoms with Crippen LogP contribution < -0.4 is 5.32 Å². The van der Waals surface area contributed by atoms with Crippen LogP contribution in [0, 0.1) is 0 Å². The maximum Gasteiger partial charge on any atom is 0.252 e. The summed E-state index contributed by atoms with van der Waals surface area (Å²) in [5.41, 5.74) is 2.59. The fourth-order valence-corrected chi connectivity index (χ4v) is 2.92. The minimum Gasteiger partial charge on any atom is -0.371 e. The van der Waals surface area contributed by atoms with Crippen LogP contribution in [0.2, 0.25) is 0 Å². The molecule has 6 nitrogen and oxygen atoms in total. The van der Waals surface area contributed by atoms with Gasteiger partial charge in [0, 0.05) is 18.9 Å². The van der Waals surface area contributed by atoms with Crippen LogP contribution in [0.1, 0.15) is 22.2 Å². The number of carbonyl (C=O) groups is 1. The van der Waals surface area contributed by atoms with Crippen LogP contribution in [0.5, 0.6) is 0 Å². The van der Waals surface area contributed by atoms with Crippen molar-refractivity contribution in [1.82, 2.24) is 19.9 Å². The van der Waals surface area contributed by atoms with E-state index in [9.17, 15) is 4.79 Å². The van der Waals surface area contributed by atoms with E-state index in [1.807, 2.05) is 24.3 Å². The fraction of sp³-hybridized carbons (Fsp3) is 0.235. The SMILES string of the molecule is O=C(NC[C@H]1COCc2nc3ccccc3n21)c1cccnc1. The predicted molar refractivity (Wildman–Crippen MR) is 85.0 cm³/mol. The van der Waals surface area contributed by atoms with Crippen molar-refractivity contribution in [2.24, 2.45) is 0 Å². The van der Waals surface area contributed by atoms with Crippen LogP contribution in [0.3, 0.4) is 0 Å². The number of nitrogens with zero attached hydrogens (tertiary/aromatic N) is 3. The number of benzene rings is 1. The summed E-state index contributed by atoms with van der Waals surface area (Å²) in [5, 5.41) is 2.96. The molecule has 1 aromatic carbocycles. The van der Waals surface area contributed by atoms with Gasteiger partial charge in [-0.2, -0.15) is 0 Å². The Balaban J connectivity index is 1.56. The van der Waals surface area contributed by atoms with E-state index < -0.39 is 0 Å². The number of imidazole rings is 1. The highest BCUT2D eigenvalue weighted by Gasteiger charge is 2.24. The molecule has 0 unspecified atom stereocenters. The van der Waals surface area contributed by atoms with Crippen molar-refractivity contribution in [3.8, 4) is 0 Å². The Kier molecular flexibility index (Phi) is 3.51. The molecule has 0 fully saturated rings. The number of rotatable bonds is 3. The first-order valence-electron chi connectivity index (χ1n) is 7.55. The molecule has 3 heterocycles. The fourth-order valence-electron chi connectivity index (χ4n) is 2.92. The molecule has 4 rings (SSSR count). The Morgan fingerprint density at radius 2 is 2.22 bits per heavy atom. The van der Waals surface area contributed by atoms with Gasteiger partial charge in [-0.3, -0.25) is 9.78 Å². The largest absolute Gasteiger partial charge is 0.371 e. The monoisotopic (exact) mass is 308 g/mol. The zero-order chi connectivity index (χ0) is 15.6. The van der Waals surface area contributed by atoms with E-state index in [2.05, 4.69) is 19.9 Å². The van der Waals surface area contributed by atoms with Gasteiger partial charge in [0.05, 0.1) is 29.2 Å². The first-order valence-corrected chi connectivity index (χ1v) is 7.55. The lowest BCUT2D eigenvalue weighted by molar-refractivity contribution is 0.0553. The van der Waals surface area contributed by atoms with Crippen molar-refractivity contribution in [2.75, 3.05) is 13.2 Å². The van der Waals surface area contributed by atoms with Crippen LogP contribution in [-0.2, 0) is 11.3 Å². The van der Waals surface area contributed by atoms with Crippen molar-refractivity contribution < 1.29 is 9.53 Å². The molecule has 1 aliphatic rings. The minimum absolute atomic E-state index is 0.0340. The van der Waals surface area contributed by atoms with Crippen molar-refractivity contribution in [1.29, 1.82) is 0 Å². The standard InChI is InChI=1S/C17H16N4O2/c22-17(12-4-3-7-18-8-12)19-9-13-10-23-11-16-20-14-5-1-2-6-15(14)21(13)16/h1-8,13H,9-11H2,(H,19,22)/t13-/m0/s1. The molecule has 116 valence electrons. The molecule has 0 saturated carbocycles. The lowest BCUT2D eigenvalue weighted by atomic mass is 10.2. The smallest absolute Gasteiger partial charge is 0.252 e. The Morgan fingerprint density at radius 1 is 1.30 bits per heavy atom. The van der Waals surface area contributed by atoms with Crippen LogP contribution in [0.25, 0.3) is 11.0 Å². The number of nitrogens with one attached hydrogen (secondary N) is 1. The number of amides is 1. The maximum absolute atomic E-state index is 12.2. The van der Waals surface area contributed by atoms with E-state index in [1.54, 1.807) is 24.5 Å². The second kappa shape index (κ2) is 5.81. The number of ether oxygens (including phenoxy) is 1. The van der Waals surface area contributed by atoms with E-state index in [0.29, 0.717) is 25.3 Å². The van der Waals surface area contributed by atoms with Gasteiger partial charge in [0.2, 0.25) is 0 Å². The summed E-state index contributed by atoms with van der Waals surface area (Å²) in [6, 6.07) is 11.5. The highest BCUT2D eigenvalue weighted by atomic mass is 16.5. The average Bonchev–Trinajstić information content (AvgIpc) is 2.99. The first-order chi connectivity index (χ1) is 11.3. The Bertz CT molecular complexity index is 844. The molecular formula is C17H16N4O2. The molecule has 0 bridgehead atoms. The Hall–Kier alpha value is -2.73. The Morgan fingerprint density at radius 3 is 3.09 bits per heavy atom. The molecule has 0 radical (unpaired) electrons. The molecule has 1 N–H and O–H groups in total. The number of hydrogen-bond donors (Lipinski definition) is 1. The molecule has 23 heavy (non-hydrogen) atoms. The second-order valence-electron chi connectivity index (χ2n) is 5.51. The van der Waals surface area contributed by atoms with Crippen LogP contribution in [-0.4, -0.2) is 33.6 Å². The number of carbonyl (C=O) groups excluding carboxylic acids is 1. The predicted octanol–water partition coefficient (Wildman–Crippen LogP) is 1.93. The van der Waals surface area contributed by atoms with Crippen LogP contribution in [0.4, 0.5) is 0 Å². The molecule has 0 spiro atoms. The Labute approximate surface area is 133 Å². The van der Waals surface area contributed by atoms with Crippen LogP contribution >= 0.6 is 0 Å². The maximum atomic E-state index is 12.2. The number of para-hydroxylation sites is 2. The van der Waals surface area contributed by atoms with Gasteiger partial charge in [0.1, 0.15) is 12.4 Å². The summed E-state index contributed by atoms with van der Waals surface area (Å²) in [4.78, 5) is 20.8. The van der Waals surface area contributed by atoms with Crippen molar-refractivity contribution in [2.45, 2.75) is 12.6 Å². The topological polar surface area (TPSA) is 69.0 Å². The summed E-state index contributed by atoms with van der Waals surface area (Å²) in [6.07, 6.45) is 3.21. The average molecular weight is 308 g/mol. The summed E-state index contributed by atoms with van der Waals surface area (Å²) in [7, 11) is 0. The van der Waals surface area contributed by atoms with Gasteiger partial charge in [0.25, 0.3) is 5.91 Å². The summed E-state index contributed by atoms with van der Waals surface area (Å²) >= 11 is 0. The number of pyridine rings is 1. The zero-order valence-electron chi connectivity index (χ0n) is 12.5. The number of aromatic nitrogens is 3. The van der Waals surface area contributed by atoms with Crippen molar-refractivity contribution in [3.63, 3.8) is 0 Å². The van der Waals surface area contributed by atoms with E-state index in [0.717, 1.165) is 16.9 Å². The second-order valence-corrected chi connectivity index (χ2v) is 5.51. The van der Waals surface area contributed by atoms with E-state index in [-0.39, 0.29) is 11.9 Å². The molecule has 1 aliphatic heterocycles. The molecule has 3 aromatic rings. The summed E-state index contributed by atoms with van der Waals surface area (Å²) in [6.45, 7) is 1.55. The normalized spacial score (nSPS) is 17.0. The van der Waals surface area contributed by atoms with Gasteiger partial charge in [-0.1, -0.05) is 12.1 Å². The number of fused-ring (bicyclic) bond motifs is 3. The van der Waals surface area contributed by atoms with E-state index in [1.165, 1.54) is 0 Å². The van der Waals surface area contributed by atoms with E-state index >= 15 is 0 Å². The molecule has 1 atom stereocenters. The van der Waals surface area contributed by atoms with Gasteiger partial charge in [0.15, 0.2) is 0 Å². The lowest BCUT2D eigenvalue weighted by Gasteiger charge is -2.26.